The number of rotatable bonds is 1. The van der Waals surface area contributed by atoms with Crippen molar-refractivity contribution in [1.82, 2.24) is 0 Å². The summed E-state index contributed by atoms with van der Waals surface area (Å²) in [5.74, 6) is -0.190. The SMILES string of the molecule is Fc1ccc(-[c-]2cccc2)cc1.[Li+]. The van der Waals surface area contributed by atoms with Crippen LogP contribution in [0.5, 0.6) is 0 Å². The van der Waals surface area contributed by atoms with Crippen molar-refractivity contribution in [3.8, 4) is 11.1 Å². The third-order valence-electron chi connectivity index (χ3n) is 1.84. The molecule has 0 amide bonds. The molecular formula is C11H8FLi. The second-order valence-corrected chi connectivity index (χ2v) is 2.68. The van der Waals surface area contributed by atoms with E-state index < -0.39 is 0 Å². The fourth-order valence-corrected chi connectivity index (χ4v) is 1.21. The van der Waals surface area contributed by atoms with Gasteiger partial charge in [0.25, 0.3) is 0 Å². The summed E-state index contributed by atoms with van der Waals surface area (Å²) in [7, 11) is 0. The van der Waals surface area contributed by atoms with Gasteiger partial charge in [0.05, 0.1) is 0 Å². The van der Waals surface area contributed by atoms with E-state index in [0.29, 0.717) is 0 Å². The molecule has 2 rings (SSSR count). The second-order valence-electron chi connectivity index (χ2n) is 2.68. The monoisotopic (exact) mass is 166 g/mol. The summed E-state index contributed by atoms with van der Waals surface area (Å²) in [5.41, 5.74) is 2.19. The fraction of sp³-hybridized carbons (Fsp3) is 0. The van der Waals surface area contributed by atoms with Gasteiger partial charge in [-0.2, -0.15) is 12.1 Å². The molecule has 0 aliphatic heterocycles. The van der Waals surface area contributed by atoms with E-state index in [1.54, 1.807) is 12.1 Å². The quantitative estimate of drug-likeness (QED) is 0.420. The maximum atomic E-state index is 12.5. The Labute approximate surface area is 88.9 Å². The molecular weight excluding hydrogens is 158 g/mol. The molecule has 0 spiro atoms. The molecule has 0 atom stereocenters. The molecule has 2 aromatic carbocycles. The molecule has 0 saturated heterocycles. The molecule has 0 radical (unpaired) electrons. The average molecular weight is 166 g/mol. The zero-order valence-electron chi connectivity index (χ0n) is 7.50. The van der Waals surface area contributed by atoms with Crippen molar-refractivity contribution < 1.29 is 23.3 Å². The minimum Gasteiger partial charge on any atom is -0.208 e. The van der Waals surface area contributed by atoms with Crippen LogP contribution < -0.4 is 18.9 Å². The average Bonchev–Trinajstić information content (AvgIpc) is 2.58. The van der Waals surface area contributed by atoms with Crippen LogP contribution in [0.1, 0.15) is 0 Å². The predicted octanol–water partition coefficient (Wildman–Crippen LogP) is 0.216. The smallest absolute Gasteiger partial charge is 0.208 e. The first-order chi connectivity index (χ1) is 5.86. The van der Waals surface area contributed by atoms with Crippen molar-refractivity contribution in [2.75, 3.05) is 0 Å². The van der Waals surface area contributed by atoms with Gasteiger partial charge in [0.1, 0.15) is 5.82 Å². The summed E-state index contributed by atoms with van der Waals surface area (Å²) in [6.07, 6.45) is 0. The maximum Gasteiger partial charge on any atom is 1.00 e. The van der Waals surface area contributed by atoms with Crippen LogP contribution in [0.15, 0.2) is 48.5 Å². The van der Waals surface area contributed by atoms with Gasteiger partial charge in [-0.3, -0.25) is 0 Å². The predicted molar refractivity (Wildman–Crippen MR) is 47.4 cm³/mol. The van der Waals surface area contributed by atoms with Crippen LogP contribution in [0.4, 0.5) is 4.39 Å². The number of benzene rings is 1. The topological polar surface area (TPSA) is 0 Å². The number of halogens is 1. The third kappa shape index (κ3) is 2.27. The van der Waals surface area contributed by atoms with Gasteiger partial charge in [-0.15, -0.1) is 29.8 Å². The summed E-state index contributed by atoms with van der Waals surface area (Å²) in [6, 6.07) is 14.5. The van der Waals surface area contributed by atoms with Crippen molar-refractivity contribution in [3.05, 3.63) is 54.3 Å². The molecule has 0 bridgehead atoms. The van der Waals surface area contributed by atoms with Crippen LogP contribution in [0.2, 0.25) is 0 Å². The molecule has 0 heterocycles. The molecule has 0 N–H and O–H groups in total. The second kappa shape index (κ2) is 4.37. The summed E-state index contributed by atoms with van der Waals surface area (Å²) in [5, 5.41) is 0. The van der Waals surface area contributed by atoms with Crippen LogP contribution >= 0.6 is 0 Å². The fourth-order valence-electron chi connectivity index (χ4n) is 1.21. The molecule has 0 aliphatic carbocycles. The van der Waals surface area contributed by atoms with Gasteiger partial charge < -0.3 is 0 Å². The molecule has 2 aromatic rings. The van der Waals surface area contributed by atoms with Crippen LogP contribution in [0.25, 0.3) is 11.1 Å². The van der Waals surface area contributed by atoms with Crippen molar-refractivity contribution in [2.24, 2.45) is 0 Å². The third-order valence-corrected chi connectivity index (χ3v) is 1.84. The minimum atomic E-state index is -0.190. The normalized spacial score (nSPS) is 9.31. The summed E-state index contributed by atoms with van der Waals surface area (Å²) >= 11 is 0. The zero-order chi connectivity index (χ0) is 8.39. The van der Waals surface area contributed by atoms with Gasteiger partial charge in [0.2, 0.25) is 0 Å². The van der Waals surface area contributed by atoms with Crippen molar-refractivity contribution in [2.45, 2.75) is 0 Å². The Morgan fingerprint density at radius 2 is 1.46 bits per heavy atom. The first-order valence-corrected chi connectivity index (χ1v) is 3.84. The van der Waals surface area contributed by atoms with Gasteiger partial charge in [-0.05, 0) is 0 Å². The van der Waals surface area contributed by atoms with Gasteiger partial charge in [-0.1, -0.05) is 17.7 Å². The molecule has 2 heteroatoms. The van der Waals surface area contributed by atoms with E-state index in [9.17, 15) is 4.39 Å². The molecule has 0 aliphatic rings. The number of hydrogen-bond acceptors (Lipinski definition) is 0. The Balaban J connectivity index is 0.000000845. The molecule has 0 aromatic heterocycles. The molecule has 0 unspecified atom stereocenters. The van der Waals surface area contributed by atoms with E-state index >= 15 is 0 Å². The van der Waals surface area contributed by atoms with Gasteiger partial charge in [0, 0.05) is 0 Å². The van der Waals surface area contributed by atoms with E-state index in [-0.39, 0.29) is 24.7 Å². The Morgan fingerprint density at radius 1 is 0.923 bits per heavy atom. The van der Waals surface area contributed by atoms with E-state index in [4.69, 9.17) is 0 Å². The first-order valence-electron chi connectivity index (χ1n) is 3.84. The molecule has 60 valence electrons. The Bertz CT molecular complexity index is 348. The van der Waals surface area contributed by atoms with Gasteiger partial charge in [0.15, 0.2) is 0 Å². The minimum absolute atomic E-state index is 0. The van der Waals surface area contributed by atoms with E-state index in [1.807, 2.05) is 24.3 Å². The molecule has 0 nitrogen and oxygen atoms in total. The van der Waals surface area contributed by atoms with Crippen LogP contribution in [0, 0.1) is 5.82 Å². The largest absolute Gasteiger partial charge is 1.00 e. The van der Waals surface area contributed by atoms with Crippen molar-refractivity contribution in [1.29, 1.82) is 0 Å². The molecule has 13 heavy (non-hydrogen) atoms. The van der Waals surface area contributed by atoms with Crippen LogP contribution in [-0.4, -0.2) is 0 Å². The van der Waals surface area contributed by atoms with E-state index in [0.717, 1.165) is 11.1 Å². The summed E-state index contributed by atoms with van der Waals surface area (Å²) in [6.45, 7) is 0. The summed E-state index contributed by atoms with van der Waals surface area (Å²) in [4.78, 5) is 0. The molecule has 0 saturated carbocycles. The zero-order valence-corrected chi connectivity index (χ0v) is 7.50. The Morgan fingerprint density at radius 3 is 2.00 bits per heavy atom. The van der Waals surface area contributed by atoms with Crippen molar-refractivity contribution in [3.63, 3.8) is 0 Å². The number of hydrogen-bond donors (Lipinski definition) is 0. The van der Waals surface area contributed by atoms with Crippen LogP contribution in [-0.2, 0) is 0 Å². The van der Waals surface area contributed by atoms with E-state index in [2.05, 4.69) is 0 Å². The van der Waals surface area contributed by atoms with E-state index in [1.165, 1.54) is 12.1 Å². The standard InChI is InChI=1S/C11H8F.Li/c12-11-7-5-10(6-8-11)9-3-1-2-4-9;/h1-8H;/q-1;+1. The van der Waals surface area contributed by atoms with Gasteiger partial charge >= 0.3 is 18.9 Å². The van der Waals surface area contributed by atoms with Crippen molar-refractivity contribution >= 4 is 0 Å². The Hall–Kier alpha value is -0.903. The first kappa shape index (κ1) is 10.2. The van der Waals surface area contributed by atoms with Crippen LogP contribution in [0.3, 0.4) is 0 Å². The molecule has 0 fully saturated rings. The Kier molecular flexibility index (Phi) is 3.42. The maximum absolute atomic E-state index is 12.5. The van der Waals surface area contributed by atoms with Gasteiger partial charge in [-0.25, -0.2) is 4.39 Å². The summed E-state index contributed by atoms with van der Waals surface area (Å²) < 4.78 is 12.5.